The Bertz CT molecular complexity index is 559. The average molecular weight is 496 g/mol. The minimum absolute atomic E-state index is 0.127. The van der Waals surface area contributed by atoms with Crippen molar-refractivity contribution in [2.24, 2.45) is 0 Å². The molecule has 0 unspecified atom stereocenters. The first kappa shape index (κ1) is 30.8. The fraction of sp³-hybridized carbons (Fsp3) is 0.857. The summed E-state index contributed by atoms with van der Waals surface area (Å²) >= 11 is 5.86. The van der Waals surface area contributed by atoms with Gasteiger partial charge in [-0.3, -0.25) is 0 Å². The Morgan fingerprint density at radius 2 is 1.39 bits per heavy atom. The van der Waals surface area contributed by atoms with Gasteiger partial charge in [0.25, 0.3) is 0 Å². The Morgan fingerprint density at radius 3 is 1.97 bits per heavy atom. The number of halogens is 1. The van der Waals surface area contributed by atoms with Crippen molar-refractivity contribution in [1.82, 2.24) is 4.48 Å². The highest BCUT2D eigenvalue weighted by Gasteiger charge is 2.46. The van der Waals surface area contributed by atoms with Crippen molar-refractivity contribution in [3.05, 3.63) is 23.8 Å². The van der Waals surface area contributed by atoms with Crippen LogP contribution < -0.4 is 0 Å². The van der Waals surface area contributed by atoms with Crippen LogP contribution in [0.15, 0.2) is 23.8 Å². The number of unbranched alkanes of at least 4 members (excludes halogenated alkanes) is 12. The van der Waals surface area contributed by atoms with Crippen molar-refractivity contribution in [3.8, 4) is 0 Å². The van der Waals surface area contributed by atoms with Crippen LogP contribution in [0, 0.1) is 0 Å². The van der Waals surface area contributed by atoms with Crippen LogP contribution in [0.25, 0.3) is 0 Å². The van der Waals surface area contributed by atoms with Crippen LogP contribution >= 0.6 is 11.6 Å². The predicted molar refractivity (Wildman–Crippen MR) is 154 cm³/mol. The second-order valence-corrected chi connectivity index (χ2v) is 17.1. The summed E-state index contributed by atoms with van der Waals surface area (Å²) in [7, 11) is -1.58. The molecule has 0 radical (unpaired) electrons. The quantitative estimate of drug-likeness (QED) is 0.100. The minimum atomic E-state index is -1.71. The van der Waals surface area contributed by atoms with E-state index in [0.29, 0.717) is 5.04 Å². The van der Waals surface area contributed by atoms with Crippen LogP contribution in [-0.4, -0.2) is 32.2 Å². The Morgan fingerprint density at radius 1 is 0.848 bits per heavy atom. The fourth-order valence-corrected chi connectivity index (χ4v) is 6.67. The van der Waals surface area contributed by atoms with E-state index in [0.717, 1.165) is 25.3 Å². The van der Waals surface area contributed by atoms with E-state index in [4.69, 9.17) is 16.3 Å². The van der Waals surface area contributed by atoms with E-state index in [9.17, 15) is 0 Å². The lowest BCUT2D eigenvalue weighted by molar-refractivity contribution is 0.289. The van der Waals surface area contributed by atoms with Crippen molar-refractivity contribution < 1.29 is 4.65 Å². The van der Waals surface area contributed by atoms with E-state index >= 15 is 0 Å². The van der Waals surface area contributed by atoms with E-state index in [1.807, 2.05) is 0 Å². The Labute approximate surface area is 214 Å². The summed E-state index contributed by atoms with van der Waals surface area (Å²) in [5.74, 6) is 0.787. The third-order valence-corrected chi connectivity index (χ3v) is 13.3. The summed E-state index contributed by atoms with van der Waals surface area (Å²) in [6.45, 7) is 15.4. The third-order valence-electron chi connectivity index (χ3n) is 7.73. The smallest absolute Gasteiger partial charge is 0.420 e. The van der Waals surface area contributed by atoms with Gasteiger partial charge in [0.2, 0.25) is 0 Å². The van der Waals surface area contributed by atoms with E-state index in [1.165, 1.54) is 88.9 Å². The predicted octanol–water partition coefficient (Wildman–Crippen LogP) is 9.90. The summed E-state index contributed by atoms with van der Waals surface area (Å²) in [6.07, 6.45) is 26.6. The molecule has 0 atom stereocenters. The Hall–Kier alpha value is -0.188. The second kappa shape index (κ2) is 17.3. The molecule has 0 aromatic carbocycles. The van der Waals surface area contributed by atoms with Gasteiger partial charge in [-0.1, -0.05) is 124 Å². The standard InChI is InChI=1S/C28H55BClNOSi/c1-7-8-9-10-11-12-13-14-17-20-26-32-29-27(22-18-15-16-19-24-30)23-21-25-31(29)33(5,6)28(2,3)4/h21,23,25H,7-20,22,24,26H2,1-6H3. The minimum Gasteiger partial charge on any atom is -0.420 e. The first-order chi connectivity index (χ1) is 15.8. The van der Waals surface area contributed by atoms with Crippen LogP contribution in [0.4, 0.5) is 0 Å². The van der Waals surface area contributed by atoms with Crippen molar-refractivity contribution in [2.45, 2.75) is 142 Å². The molecule has 0 aromatic rings. The zero-order valence-corrected chi connectivity index (χ0v) is 24.8. The third kappa shape index (κ3) is 11.9. The zero-order chi connectivity index (χ0) is 24.6. The molecule has 192 valence electrons. The highest BCUT2D eigenvalue weighted by molar-refractivity contribution is 6.86. The van der Waals surface area contributed by atoms with E-state index in [-0.39, 0.29) is 7.05 Å². The molecule has 0 aromatic heterocycles. The maximum absolute atomic E-state index is 6.66. The molecule has 2 nitrogen and oxygen atoms in total. The number of hydrogen-bond donors (Lipinski definition) is 0. The molecule has 0 amide bonds. The van der Waals surface area contributed by atoms with Gasteiger partial charge >= 0.3 is 7.05 Å². The number of nitrogens with zero attached hydrogens (tertiary/aromatic N) is 1. The van der Waals surface area contributed by atoms with E-state index in [2.05, 4.69) is 63.6 Å². The summed E-state index contributed by atoms with van der Waals surface area (Å²) in [5.41, 5.74) is 1.47. The number of alkyl halides is 1. The second-order valence-electron chi connectivity index (χ2n) is 11.6. The Kier molecular flexibility index (Phi) is 16.1. The molecule has 1 rings (SSSR count). The van der Waals surface area contributed by atoms with Crippen LogP contribution in [-0.2, 0) is 4.65 Å². The normalized spacial score (nSPS) is 14.8. The highest BCUT2D eigenvalue weighted by atomic mass is 35.5. The Balaban J connectivity index is 2.52. The molecular weight excluding hydrogens is 441 g/mol. The first-order valence-corrected chi connectivity index (χ1v) is 17.6. The molecular formula is C28H55BClNOSi. The molecule has 0 spiro atoms. The molecule has 0 saturated carbocycles. The molecule has 0 bridgehead atoms. The largest absolute Gasteiger partial charge is 0.438 e. The molecule has 5 heteroatoms. The number of hydrogen-bond acceptors (Lipinski definition) is 2. The van der Waals surface area contributed by atoms with Crippen LogP contribution in [0.3, 0.4) is 0 Å². The van der Waals surface area contributed by atoms with Crippen LogP contribution in [0.1, 0.15) is 124 Å². The summed E-state index contributed by atoms with van der Waals surface area (Å²) < 4.78 is 9.28. The number of rotatable bonds is 19. The van der Waals surface area contributed by atoms with Gasteiger partial charge in [-0.25, -0.2) is 0 Å². The van der Waals surface area contributed by atoms with Gasteiger partial charge in [0, 0.05) is 12.5 Å². The van der Waals surface area contributed by atoms with Gasteiger partial charge in [0.05, 0.1) is 0 Å². The van der Waals surface area contributed by atoms with Crippen LogP contribution in [0.5, 0.6) is 0 Å². The molecule has 0 saturated heterocycles. The van der Waals surface area contributed by atoms with Gasteiger partial charge in [-0.15, -0.1) is 11.6 Å². The van der Waals surface area contributed by atoms with Crippen molar-refractivity contribution in [2.75, 3.05) is 12.5 Å². The van der Waals surface area contributed by atoms with E-state index in [1.54, 1.807) is 0 Å². The van der Waals surface area contributed by atoms with Gasteiger partial charge in [0.15, 0.2) is 0 Å². The molecule has 33 heavy (non-hydrogen) atoms. The highest BCUT2D eigenvalue weighted by Crippen LogP contribution is 2.41. The SMILES string of the molecule is CCCCCCCCCCCCOB1C(CCCCCCCl)=CC=CN1[Si](C)(C)C(C)(C)C. The average Bonchev–Trinajstić information content (AvgIpc) is 2.77. The van der Waals surface area contributed by atoms with Crippen molar-refractivity contribution >= 4 is 26.9 Å². The summed E-state index contributed by atoms with van der Waals surface area (Å²) in [5, 5.41) is 0.291. The van der Waals surface area contributed by atoms with Crippen molar-refractivity contribution in [3.63, 3.8) is 0 Å². The molecule has 1 heterocycles. The van der Waals surface area contributed by atoms with Gasteiger partial charge < -0.3 is 9.13 Å². The van der Waals surface area contributed by atoms with Gasteiger partial charge in [-0.2, -0.15) is 0 Å². The van der Waals surface area contributed by atoms with Crippen molar-refractivity contribution in [1.29, 1.82) is 0 Å². The zero-order valence-electron chi connectivity index (χ0n) is 23.1. The van der Waals surface area contributed by atoms with Gasteiger partial charge in [0.1, 0.15) is 8.24 Å². The number of allylic oxidation sites excluding steroid dienone is 3. The lowest BCUT2D eigenvalue weighted by atomic mass is 9.68. The monoisotopic (exact) mass is 495 g/mol. The summed E-state index contributed by atoms with van der Waals surface area (Å²) in [6, 6.07) is 0. The maximum Gasteiger partial charge on any atom is 0.438 e. The fourth-order valence-electron chi connectivity index (χ4n) is 4.42. The lowest BCUT2D eigenvalue weighted by Gasteiger charge is -2.49. The molecule has 0 aliphatic carbocycles. The van der Waals surface area contributed by atoms with E-state index < -0.39 is 8.24 Å². The molecule has 1 aliphatic rings. The maximum atomic E-state index is 6.66. The first-order valence-electron chi connectivity index (χ1n) is 14.1. The van der Waals surface area contributed by atoms with Crippen LogP contribution in [0.2, 0.25) is 18.1 Å². The summed E-state index contributed by atoms with van der Waals surface area (Å²) in [4.78, 5) is 0. The lowest BCUT2D eigenvalue weighted by Crippen LogP contribution is -2.60. The van der Waals surface area contributed by atoms with Gasteiger partial charge in [-0.05, 0) is 42.0 Å². The molecule has 1 aliphatic heterocycles. The topological polar surface area (TPSA) is 12.5 Å². The molecule has 0 N–H and O–H groups in total. The molecule has 0 fully saturated rings.